The number of rotatable bonds is 10. The lowest BCUT2D eigenvalue weighted by Crippen LogP contribution is -2.69. The van der Waals surface area contributed by atoms with Crippen LogP contribution in [0.25, 0.3) is 0 Å². The van der Waals surface area contributed by atoms with Gasteiger partial charge in [-0.25, -0.2) is 4.39 Å². The van der Waals surface area contributed by atoms with E-state index in [1.165, 1.54) is 25.2 Å². The SMILES string of the molecule is C[C@]12C=CC(=O)C=C1CC[C@H]1[C@@H]3C[C@@H](O)[C@](O)(C(=O)COC(=O)CNC(=O)CCCO[N+](=O)[O-])[C@@]3(C)C[C@H](O)[C@@]12F. The van der Waals surface area contributed by atoms with Crippen molar-refractivity contribution >= 4 is 23.4 Å². The van der Waals surface area contributed by atoms with Gasteiger partial charge in [-0.3, -0.25) is 19.2 Å². The number of alkyl halides is 1. The van der Waals surface area contributed by atoms with Crippen LogP contribution in [0.5, 0.6) is 0 Å². The summed E-state index contributed by atoms with van der Waals surface area (Å²) in [7, 11) is 0. The lowest BCUT2D eigenvalue weighted by atomic mass is 9.44. The molecule has 13 nitrogen and oxygen atoms in total. The van der Waals surface area contributed by atoms with Crippen molar-refractivity contribution in [2.75, 3.05) is 19.8 Å². The second-order valence-corrected chi connectivity index (χ2v) is 11.8. The molecule has 4 aliphatic carbocycles. The van der Waals surface area contributed by atoms with Gasteiger partial charge in [0.15, 0.2) is 23.7 Å². The zero-order chi connectivity index (χ0) is 30.4. The Morgan fingerprint density at radius 2 is 1.93 bits per heavy atom. The first-order valence-corrected chi connectivity index (χ1v) is 13.6. The number of fused-ring (bicyclic) bond motifs is 5. The minimum atomic E-state index is -2.45. The summed E-state index contributed by atoms with van der Waals surface area (Å²) in [5.41, 5.74) is -6.83. The van der Waals surface area contributed by atoms with Crippen molar-refractivity contribution in [2.45, 2.75) is 75.9 Å². The average Bonchev–Trinajstić information content (AvgIpc) is 3.11. The van der Waals surface area contributed by atoms with Gasteiger partial charge in [-0.1, -0.05) is 18.6 Å². The van der Waals surface area contributed by atoms with E-state index in [-0.39, 0.29) is 44.5 Å². The minimum absolute atomic E-state index is 0.0309. The van der Waals surface area contributed by atoms with Gasteiger partial charge in [-0.05, 0) is 57.1 Å². The lowest BCUT2D eigenvalue weighted by Gasteiger charge is -2.62. The van der Waals surface area contributed by atoms with E-state index in [9.17, 15) is 44.6 Å². The van der Waals surface area contributed by atoms with E-state index in [0.717, 1.165) is 0 Å². The van der Waals surface area contributed by atoms with Crippen LogP contribution >= 0.6 is 0 Å². The average molecular weight is 583 g/mol. The van der Waals surface area contributed by atoms with E-state index in [0.29, 0.717) is 12.0 Å². The Labute approximate surface area is 234 Å². The summed E-state index contributed by atoms with van der Waals surface area (Å²) in [6.45, 7) is 1.30. The first-order chi connectivity index (χ1) is 19.1. The summed E-state index contributed by atoms with van der Waals surface area (Å²) in [4.78, 5) is 63.4. The van der Waals surface area contributed by atoms with Crippen molar-refractivity contribution in [1.82, 2.24) is 5.32 Å². The third kappa shape index (κ3) is 4.85. The van der Waals surface area contributed by atoms with Gasteiger partial charge in [0.05, 0.1) is 18.8 Å². The normalized spacial score (nSPS) is 39.1. The van der Waals surface area contributed by atoms with Crippen molar-refractivity contribution in [3.63, 3.8) is 0 Å². The number of hydrogen-bond donors (Lipinski definition) is 4. The molecule has 4 aliphatic rings. The van der Waals surface area contributed by atoms with Gasteiger partial charge in [0, 0.05) is 23.2 Å². The molecule has 0 radical (unpaired) electrons. The largest absolute Gasteiger partial charge is 0.456 e. The van der Waals surface area contributed by atoms with Crippen LogP contribution in [0.2, 0.25) is 0 Å². The number of hydrogen-bond acceptors (Lipinski definition) is 11. The molecule has 0 aromatic rings. The molecule has 3 fully saturated rings. The predicted octanol–water partition coefficient (Wildman–Crippen LogP) is 0.276. The molecule has 0 aromatic carbocycles. The smallest absolute Gasteiger partial charge is 0.325 e. The zero-order valence-electron chi connectivity index (χ0n) is 22.8. The third-order valence-electron chi connectivity index (χ3n) is 9.83. The molecule has 0 heterocycles. The number of carbonyl (C=O) groups is 4. The summed E-state index contributed by atoms with van der Waals surface area (Å²) in [5, 5.41) is 45.3. The molecule has 0 bridgehead atoms. The van der Waals surface area contributed by atoms with Gasteiger partial charge in [0.1, 0.15) is 6.54 Å². The number of ketones is 2. The van der Waals surface area contributed by atoms with E-state index < -0.39 is 82.0 Å². The number of carbonyl (C=O) groups excluding carboxylic acids is 4. The number of allylic oxidation sites excluding steroid dienone is 4. The minimum Gasteiger partial charge on any atom is -0.456 e. The second-order valence-electron chi connectivity index (χ2n) is 11.8. The van der Waals surface area contributed by atoms with Gasteiger partial charge in [-0.15, -0.1) is 10.1 Å². The number of Topliss-reactive ketones (excluding diaryl/α,β-unsaturated/α-hetero) is 1. The van der Waals surface area contributed by atoms with Crippen LogP contribution in [0.3, 0.4) is 0 Å². The van der Waals surface area contributed by atoms with Crippen LogP contribution in [-0.2, 0) is 28.8 Å². The van der Waals surface area contributed by atoms with Crippen molar-refractivity contribution < 1.29 is 53.5 Å². The molecule has 0 aromatic heterocycles. The maximum absolute atomic E-state index is 17.1. The second kappa shape index (κ2) is 10.9. The summed E-state index contributed by atoms with van der Waals surface area (Å²) in [5.74, 6) is -4.45. The van der Waals surface area contributed by atoms with E-state index in [1.54, 1.807) is 6.92 Å². The van der Waals surface area contributed by atoms with Gasteiger partial charge in [0.2, 0.25) is 11.7 Å². The maximum Gasteiger partial charge on any atom is 0.325 e. The van der Waals surface area contributed by atoms with Gasteiger partial charge in [0.25, 0.3) is 5.09 Å². The summed E-state index contributed by atoms with van der Waals surface area (Å²) >= 11 is 0. The highest BCUT2D eigenvalue weighted by molar-refractivity contribution is 6.01. The Morgan fingerprint density at radius 3 is 2.61 bits per heavy atom. The maximum atomic E-state index is 17.1. The molecule has 0 unspecified atom stereocenters. The first-order valence-electron chi connectivity index (χ1n) is 13.6. The van der Waals surface area contributed by atoms with E-state index in [1.807, 2.05) is 0 Å². The third-order valence-corrected chi connectivity index (χ3v) is 9.83. The molecule has 3 saturated carbocycles. The Kier molecular flexibility index (Phi) is 8.15. The van der Waals surface area contributed by atoms with Crippen molar-refractivity contribution in [2.24, 2.45) is 22.7 Å². The van der Waals surface area contributed by atoms with Gasteiger partial charge < -0.3 is 30.2 Å². The summed E-state index contributed by atoms with van der Waals surface area (Å²) in [6, 6.07) is 0. The molecular weight excluding hydrogens is 547 g/mol. The molecule has 226 valence electrons. The molecule has 4 rings (SSSR count). The Hall–Kier alpha value is -3.23. The van der Waals surface area contributed by atoms with Crippen LogP contribution < -0.4 is 5.32 Å². The molecule has 0 saturated heterocycles. The van der Waals surface area contributed by atoms with Gasteiger partial charge >= 0.3 is 5.97 Å². The fraction of sp³-hybridized carbons (Fsp3) is 0.704. The standard InChI is InChI=1S/C27H35FN2O11/c1-24-8-7-16(31)10-15(24)5-6-17-18-11-19(32)27(37,25(18,2)12-20(33)26(17,24)28)21(34)14-40-23(36)13-29-22(35)4-3-9-41-30(38)39/h7-8,10,17-20,32-33,37H,3-6,9,11-14H2,1-2H3,(H,29,35)/t17-,18-,19+,20-,24-,25-,26-,27-/m0/s1. The fourth-order valence-electron chi connectivity index (χ4n) is 7.67. The number of aliphatic hydroxyl groups is 3. The quantitative estimate of drug-likeness (QED) is 0.119. The molecular formula is C27H35FN2O11. The first kappa shape index (κ1) is 30.7. The van der Waals surface area contributed by atoms with Crippen LogP contribution in [0.4, 0.5) is 4.39 Å². The van der Waals surface area contributed by atoms with E-state index in [2.05, 4.69) is 10.2 Å². The number of aliphatic hydroxyl groups excluding tert-OH is 2. The number of nitrogens with zero attached hydrogens (tertiary/aromatic N) is 1. The molecule has 0 spiro atoms. The highest BCUT2D eigenvalue weighted by atomic mass is 19.1. The number of esters is 1. The Bertz CT molecular complexity index is 1210. The molecule has 14 heteroatoms. The number of amides is 1. The molecule has 0 aliphatic heterocycles. The van der Waals surface area contributed by atoms with Crippen LogP contribution in [0, 0.1) is 32.8 Å². The van der Waals surface area contributed by atoms with Crippen molar-refractivity contribution in [1.29, 1.82) is 0 Å². The molecule has 8 atom stereocenters. The lowest BCUT2D eigenvalue weighted by molar-refractivity contribution is -0.757. The fourth-order valence-corrected chi connectivity index (χ4v) is 7.67. The molecule has 1 amide bonds. The predicted molar refractivity (Wildman–Crippen MR) is 136 cm³/mol. The highest BCUT2D eigenvalue weighted by Crippen LogP contribution is 2.69. The van der Waals surface area contributed by atoms with Crippen molar-refractivity contribution in [3.05, 3.63) is 33.9 Å². The van der Waals surface area contributed by atoms with Crippen LogP contribution in [-0.4, -0.2) is 87.1 Å². The van der Waals surface area contributed by atoms with E-state index >= 15 is 4.39 Å². The highest BCUT2D eigenvalue weighted by Gasteiger charge is 2.76. The van der Waals surface area contributed by atoms with Crippen LogP contribution in [0.15, 0.2) is 23.8 Å². The van der Waals surface area contributed by atoms with Crippen LogP contribution in [0.1, 0.15) is 52.4 Å². The molecule has 4 N–H and O–H groups in total. The van der Waals surface area contributed by atoms with Gasteiger partial charge in [-0.2, -0.15) is 0 Å². The topological polar surface area (TPSA) is 203 Å². The number of nitrogens with one attached hydrogen (secondary N) is 1. The number of ether oxygens (including phenoxy) is 1. The monoisotopic (exact) mass is 582 g/mol. The summed E-state index contributed by atoms with van der Waals surface area (Å²) < 4.78 is 22.1. The summed E-state index contributed by atoms with van der Waals surface area (Å²) in [6.07, 6.45) is 0.883. The van der Waals surface area contributed by atoms with E-state index in [4.69, 9.17) is 4.74 Å². The zero-order valence-corrected chi connectivity index (χ0v) is 22.8. The molecule has 41 heavy (non-hydrogen) atoms. The Balaban J connectivity index is 1.42. The Morgan fingerprint density at radius 1 is 1.22 bits per heavy atom. The number of halogens is 1. The van der Waals surface area contributed by atoms with Crippen molar-refractivity contribution in [3.8, 4) is 0 Å².